The molecule has 0 unspecified atom stereocenters. The fraction of sp³-hybridized carbons (Fsp3) is 0.650. The third-order valence-corrected chi connectivity index (χ3v) is 10.7. The number of aryl methyl sites for hydroxylation is 2. The highest BCUT2D eigenvalue weighted by molar-refractivity contribution is 7.93. The number of nitrogens with zero attached hydrogens (tertiary/aromatic N) is 2. The second kappa shape index (κ2) is 8.00. The van der Waals surface area contributed by atoms with E-state index in [-0.39, 0.29) is 42.7 Å². The summed E-state index contributed by atoms with van der Waals surface area (Å²) in [5.41, 5.74) is 1.49. The molecule has 1 heterocycles. The molecule has 3 rings (SSSR count). The predicted octanol–water partition coefficient (Wildman–Crippen LogP) is 1.88. The number of hydrogen-bond donors (Lipinski definition) is 0. The molecule has 0 atom stereocenters. The van der Waals surface area contributed by atoms with E-state index in [0.29, 0.717) is 31.2 Å². The average molecular weight is 443 g/mol. The van der Waals surface area contributed by atoms with E-state index in [1.807, 2.05) is 13.0 Å². The molecule has 1 saturated heterocycles. The molecular formula is C20H30N2O5S2. The number of sulfonamides is 1. The normalized spacial score (nSPS) is 20.7. The molecule has 1 aromatic carbocycles. The zero-order valence-corrected chi connectivity index (χ0v) is 19.0. The molecule has 2 aliphatic rings. The zero-order valence-electron chi connectivity index (χ0n) is 17.3. The van der Waals surface area contributed by atoms with Gasteiger partial charge in [0.2, 0.25) is 15.9 Å². The maximum absolute atomic E-state index is 13.7. The Kier molecular flexibility index (Phi) is 6.13. The Balaban J connectivity index is 1.92. The molecule has 0 spiro atoms. The number of hydrogen-bond acceptors (Lipinski definition) is 5. The van der Waals surface area contributed by atoms with Crippen LogP contribution in [0, 0.1) is 13.8 Å². The van der Waals surface area contributed by atoms with Crippen LogP contribution in [0.4, 0.5) is 0 Å². The molecule has 0 bridgehead atoms. The van der Waals surface area contributed by atoms with Gasteiger partial charge in [-0.15, -0.1) is 0 Å². The summed E-state index contributed by atoms with van der Waals surface area (Å²) < 4.78 is 51.6. The first-order valence-electron chi connectivity index (χ1n) is 10.1. The largest absolute Gasteiger partial charge is 0.339 e. The van der Waals surface area contributed by atoms with Crippen molar-refractivity contribution in [1.82, 2.24) is 9.21 Å². The second-order valence-corrected chi connectivity index (χ2v) is 12.6. The molecule has 0 aromatic heterocycles. The van der Waals surface area contributed by atoms with Crippen molar-refractivity contribution in [2.45, 2.75) is 56.1 Å². The van der Waals surface area contributed by atoms with Gasteiger partial charge in [0.25, 0.3) is 0 Å². The van der Waals surface area contributed by atoms with Gasteiger partial charge in [-0.2, -0.15) is 4.31 Å². The maximum atomic E-state index is 13.7. The minimum atomic E-state index is -3.87. The van der Waals surface area contributed by atoms with Crippen molar-refractivity contribution in [3.8, 4) is 0 Å². The van der Waals surface area contributed by atoms with E-state index in [1.165, 1.54) is 4.31 Å². The molecule has 0 N–H and O–H groups in total. The third-order valence-electron chi connectivity index (χ3n) is 6.23. The van der Waals surface area contributed by atoms with Crippen LogP contribution < -0.4 is 0 Å². The standard InChI is InChI=1S/C20H30N2O5S2/c1-4-28(24,25)22-13-11-21(12-14-22)19(23)20(9-5-6-10-20)29(26,27)18-15-16(2)7-8-17(18)3/h7-8,15H,4-6,9-14H2,1-3H3. The summed E-state index contributed by atoms with van der Waals surface area (Å²) in [6.07, 6.45) is 2.02. The van der Waals surface area contributed by atoms with Gasteiger partial charge < -0.3 is 4.90 Å². The number of carbonyl (C=O) groups excluding carboxylic acids is 1. The highest BCUT2D eigenvalue weighted by atomic mass is 32.2. The van der Waals surface area contributed by atoms with Crippen LogP contribution in [0.25, 0.3) is 0 Å². The van der Waals surface area contributed by atoms with Gasteiger partial charge in [0.1, 0.15) is 0 Å². The van der Waals surface area contributed by atoms with Crippen molar-refractivity contribution in [3.05, 3.63) is 29.3 Å². The summed E-state index contributed by atoms with van der Waals surface area (Å²) in [6.45, 7) is 6.06. The first-order chi connectivity index (χ1) is 13.5. The lowest BCUT2D eigenvalue weighted by molar-refractivity contribution is -0.135. The summed E-state index contributed by atoms with van der Waals surface area (Å²) in [4.78, 5) is 15.3. The van der Waals surface area contributed by atoms with E-state index in [1.54, 1.807) is 30.9 Å². The number of piperazine rings is 1. The van der Waals surface area contributed by atoms with Crippen molar-refractivity contribution in [1.29, 1.82) is 0 Å². The van der Waals surface area contributed by atoms with Crippen molar-refractivity contribution in [2.24, 2.45) is 0 Å². The van der Waals surface area contributed by atoms with Crippen LogP contribution in [0.3, 0.4) is 0 Å². The quantitative estimate of drug-likeness (QED) is 0.694. The van der Waals surface area contributed by atoms with Gasteiger partial charge in [-0.3, -0.25) is 4.79 Å². The van der Waals surface area contributed by atoms with E-state index in [4.69, 9.17) is 0 Å². The zero-order chi connectivity index (χ0) is 21.4. The summed E-state index contributed by atoms with van der Waals surface area (Å²) in [5.74, 6) is -0.351. The van der Waals surface area contributed by atoms with Crippen LogP contribution in [0.15, 0.2) is 23.1 Å². The molecule has 162 valence electrons. The first kappa shape index (κ1) is 22.2. The Hall–Kier alpha value is -1.45. The third kappa shape index (κ3) is 3.84. The predicted molar refractivity (Wildman–Crippen MR) is 112 cm³/mol. The van der Waals surface area contributed by atoms with E-state index in [2.05, 4.69) is 0 Å². The van der Waals surface area contributed by atoms with E-state index in [0.717, 1.165) is 5.56 Å². The summed E-state index contributed by atoms with van der Waals surface area (Å²) >= 11 is 0. The van der Waals surface area contributed by atoms with Crippen LogP contribution in [0.2, 0.25) is 0 Å². The molecule has 1 aliphatic heterocycles. The van der Waals surface area contributed by atoms with Crippen LogP contribution in [-0.2, 0) is 24.7 Å². The van der Waals surface area contributed by atoms with Crippen molar-refractivity contribution < 1.29 is 21.6 Å². The Morgan fingerprint density at radius 2 is 1.59 bits per heavy atom. The molecule has 7 nitrogen and oxygen atoms in total. The average Bonchev–Trinajstić information content (AvgIpc) is 3.21. The monoisotopic (exact) mass is 442 g/mol. The van der Waals surface area contributed by atoms with Crippen LogP contribution in [0.1, 0.15) is 43.7 Å². The summed E-state index contributed by atoms with van der Waals surface area (Å²) in [5, 5.41) is 0. The topological polar surface area (TPSA) is 91.8 Å². The van der Waals surface area contributed by atoms with Gasteiger partial charge in [0.15, 0.2) is 14.6 Å². The molecule has 29 heavy (non-hydrogen) atoms. The fourth-order valence-corrected chi connectivity index (χ4v) is 7.91. The van der Waals surface area contributed by atoms with Crippen LogP contribution >= 0.6 is 0 Å². The number of rotatable bonds is 5. The maximum Gasteiger partial charge on any atom is 0.244 e. The molecule has 0 radical (unpaired) electrons. The summed E-state index contributed by atoms with van der Waals surface area (Å²) in [7, 11) is -7.18. The smallest absolute Gasteiger partial charge is 0.244 e. The molecule has 9 heteroatoms. The summed E-state index contributed by atoms with van der Waals surface area (Å²) in [6, 6.07) is 5.30. The number of carbonyl (C=O) groups is 1. The van der Waals surface area contributed by atoms with Gasteiger partial charge in [0.05, 0.1) is 10.6 Å². The minimum Gasteiger partial charge on any atom is -0.339 e. The highest BCUT2D eigenvalue weighted by Crippen LogP contribution is 2.43. The number of amides is 1. The minimum absolute atomic E-state index is 0.0197. The number of benzene rings is 1. The SMILES string of the molecule is CCS(=O)(=O)N1CCN(C(=O)C2(S(=O)(=O)c3cc(C)ccc3C)CCCC2)CC1. The van der Waals surface area contributed by atoms with Crippen molar-refractivity contribution in [2.75, 3.05) is 31.9 Å². The lowest BCUT2D eigenvalue weighted by Crippen LogP contribution is -2.58. The van der Waals surface area contributed by atoms with Gasteiger partial charge in [-0.25, -0.2) is 16.8 Å². The Morgan fingerprint density at radius 1 is 1.00 bits per heavy atom. The number of sulfone groups is 1. The second-order valence-electron chi connectivity index (χ2n) is 8.07. The lowest BCUT2D eigenvalue weighted by Gasteiger charge is -2.39. The van der Waals surface area contributed by atoms with Gasteiger partial charge >= 0.3 is 0 Å². The van der Waals surface area contributed by atoms with E-state index >= 15 is 0 Å². The Morgan fingerprint density at radius 3 is 2.14 bits per heavy atom. The first-order valence-corrected chi connectivity index (χ1v) is 13.2. The molecular weight excluding hydrogens is 412 g/mol. The molecule has 1 saturated carbocycles. The molecule has 1 aromatic rings. The highest BCUT2D eigenvalue weighted by Gasteiger charge is 2.55. The Labute approximate surface area is 174 Å². The van der Waals surface area contributed by atoms with Gasteiger partial charge in [-0.05, 0) is 50.8 Å². The van der Waals surface area contributed by atoms with E-state index in [9.17, 15) is 21.6 Å². The fourth-order valence-electron chi connectivity index (χ4n) is 4.39. The van der Waals surface area contributed by atoms with Gasteiger partial charge in [-0.1, -0.05) is 25.0 Å². The van der Waals surface area contributed by atoms with E-state index < -0.39 is 24.6 Å². The van der Waals surface area contributed by atoms with Crippen LogP contribution in [0.5, 0.6) is 0 Å². The van der Waals surface area contributed by atoms with Gasteiger partial charge in [0, 0.05) is 26.2 Å². The lowest BCUT2D eigenvalue weighted by atomic mass is 10.0. The van der Waals surface area contributed by atoms with Crippen LogP contribution in [-0.4, -0.2) is 68.6 Å². The Bertz CT molecular complexity index is 988. The van der Waals surface area contributed by atoms with Crippen molar-refractivity contribution in [3.63, 3.8) is 0 Å². The molecule has 2 fully saturated rings. The van der Waals surface area contributed by atoms with Crippen molar-refractivity contribution >= 4 is 25.8 Å². The molecule has 1 amide bonds. The molecule has 1 aliphatic carbocycles.